The van der Waals surface area contributed by atoms with Crippen LogP contribution in [0.5, 0.6) is 5.75 Å². The highest BCUT2D eigenvalue weighted by Gasteiger charge is 2.38. The molecule has 1 aliphatic carbocycles. The van der Waals surface area contributed by atoms with Gasteiger partial charge in [0.2, 0.25) is 10.0 Å². The van der Waals surface area contributed by atoms with Crippen LogP contribution in [0, 0.1) is 0 Å². The second-order valence-electron chi connectivity index (χ2n) is 7.09. The first-order valence-corrected chi connectivity index (χ1v) is 11.3. The Bertz CT molecular complexity index is 947. The first-order chi connectivity index (χ1) is 13.8. The molecule has 2 aromatic rings. The minimum absolute atomic E-state index is 0.0101. The minimum atomic E-state index is -3.77. The number of nitrogens with zero attached hydrogens (tertiary/aromatic N) is 2. The Balaban J connectivity index is 2.01. The molecule has 1 unspecified atom stereocenters. The maximum absolute atomic E-state index is 13.4. The van der Waals surface area contributed by atoms with Gasteiger partial charge in [-0.25, -0.2) is 8.42 Å². The standard InChI is InChI=1S/C21H28N2O5S/c1-5-22(6-2)29(25,26)20-14-16(9-12-19(20)27-4)21(24)23(17-10-11-17)15(3)18-8-7-13-28-18/h7-9,12-15,17H,5-6,10-11H2,1-4H3. The van der Waals surface area contributed by atoms with Crippen molar-refractivity contribution in [3.8, 4) is 5.75 Å². The molecule has 3 rings (SSSR count). The summed E-state index contributed by atoms with van der Waals surface area (Å²) in [6, 6.07) is 8.13. The Kier molecular flexibility index (Phi) is 6.33. The van der Waals surface area contributed by atoms with Crippen LogP contribution in [0.25, 0.3) is 0 Å². The second-order valence-corrected chi connectivity index (χ2v) is 9.00. The lowest BCUT2D eigenvalue weighted by atomic mass is 10.1. The first-order valence-electron chi connectivity index (χ1n) is 9.89. The van der Waals surface area contributed by atoms with Crippen LogP contribution < -0.4 is 4.74 Å². The summed E-state index contributed by atoms with van der Waals surface area (Å²) in [6.45, 7) is 6.16. The maximum Gasteiger partial charge on any atom is 0.254 e. The van der Waals surface area contributed by atoms with Gasteiger partial charge in [-0.3, -0.25) is 4.79 Å². The molecular weight excluding hydrogens is 392 g/mol. The molecule has 1 fully saturated rings. The summed E-state index contributed by atoms with van der Waals surface area (Å²) >= 11 is 0. The molecule has 1 aromatic heterocycles. The third-order valence-electron chi connectivity index (χ3n) is 5.28. The third kappa shape index (κ3) is 4.18. The summed E-state index contributed by atoms with van der Waals surface area (Å²) in [5, 5.41) is 0. The summed E-state index contributed by atoms with van der Waals surface area (Å²) in [5.74, 6) is 0.718. The van der Waals surface area contributed by atoms with E-state index in [0.717, 1.165) is 12.8 Å². The van der Waals surface area contributed by atoms with E-state index < -0.39 is 10.0 Å². The van der Waals surface area contributed by atoms with Gasteiger partial charge in [0.15, 0.2) is 0 Å². The number of benzene rings is 1. The van der Waals surface area contributed by atoms with Crippen LogP contribution in [-0.4, -0.2) is 49.8 Å². The van der Waals surface area contributed by atoms with E-state index in [9.17, 15) is 13.2 Å². The van der Waals surface area contributed by atoms with Crippen molar-refractivity contribution < 1.29 is 22.4 Å². The molecule has 0 bridgehead atoms. The molecule has 158 valence electrons. The predicted molar refractivity (Wildman–Crippen MR) is 109 cm³/mol. The Hall–Kier alpha value is -2.32. The number of methoxy groups -OCH3 is 1. The van der Waals surface area contributed by atoms with Crippen molar-refractivity contribution in [2.24, 2.45) is 0 Å². The van der Waals surface area contributed by atoms with E-state index in [4.69, 9.17) is 9.15 Å². The molecule has 1 aromatic carbocycles. The Morgan fingerprint density at radius 3 is 2.45 bits per heavy atom. The number of hydrogen-bond acceptors (Lipinski definition) is 5. The summed E-state index contributed by atoms with van der Waals surface area (Å²) in [6.07, 6.45) is 3.44. The van der Waals surface area contributed by atoms with Gasteiger partial charge in [0.05, 0.1) is 19.4 Å². The van der Waals surface area contributed by atoms with Gasteiger partial charge in [-0.1, -0.05) is 13.8 Å². The van der Waals surface area contributed by atoms with Crippen LogP contribution in [0.2, 0.25) is 0 Å². The molecule has 7 nitrogen and oxygen atoms in total. The fourth-order valence-electron chi connectivity index (χ4n) is 3.54. The maximum atomic E-state index is 13.4. The third-order valence-corrected chi connectivity index (χ3v) is 7.35. The quantitative estimate of drug-likeness (QED) is 0.618. The number of carbonyl (C=O) groups is 1. The van der Waals surface area contributed by atoms with Crippen molar-refractivity contribution in [2.75, 3.05) is 20.2 Å². The van der Waals surface area contributed by atoms with Gasteiger partial charge in [0.1, 0.15) is 16.4 Å². The monoisotopic (exact) mass is 420 g/mol. The van der Waals surface area contributed by atoms with E-state index in [1.165, 1.54) is 17.5 Å². The second kappa shape index (κ2) is 8.59. The molecule has 0 radical (unpaired) electrons. The van der Waals surface area contributed by atoms with Crippen molar-refractivity contribution in [3.63, 3.8) is 0 Å². The average Bonchev–Trinajstić information content (AvgIpc) is 3.39. The van der Waals surface area contributed by atoms with Crippen LogP contribution in [0.15, 0.2) is 45.9 Å². The van der Waals surface area contributed by atoms with Gasteiger partial charge in [0.25, 0.3) is 5.91 Å². The molecule has 0 spiro atoms. The Morgan fingerprint density at radius 2 is 1.93 bits per heavy atom. The zero-order chi connectivity index (χ0) is 21.2. The highest BCUT2D eigenvalue weighted by Crippen LogP contribution is 2.37. The normalized spacial score (nSPS) is 15.3. The van der Waals surface area contributed by atoms with Gasteiger partial charge in [-0.2, -0.15) is 4.31 Å². The number of furan rings is 1. The molecule has 0 N–H and O–H groups in total. The van der Waals surface area contributed by atoms with Crippen LogP contribution in [0.4, 0.5) is 0 Å². The summed E-state index contributed by atoms with van der Waals surface area (Å²) in [7, 11) is -2.35. The lowest BCUT2D eigenvalue weighted by Crippen LogP contribution is -2.36. The molecule has 0 saturated heterocycles. The molecular formula is C21H28N2O5S. The number of rotatable bonds is 9. The highest BCUT2D eigenvalue weighted by molar-refractivity contribution is 7.89. The van der Waals surface area contributed by atoms with Crippen molar-refractivity contribution in [3.05, 3.63) is 47.9 Å². The molecule has 29 heavy (non-hydrogen) atoms. The van der Waals surface area contributed by atoms with Crippen LogP contribution in [0.1, 0.15) is 55.8 Å². The molecule has 1 saturated carbocycles. The van der Waals surface area contributed by atoms with Crippen molar-refractivity contribution in [2.45, 2.75) is 50.6 Å². The number of hydrogen-bond donors (Lipinski definition) is 0. The molecule has 1 atom stereocenters. The van der Waals surface area contributed by atoms with Crippen LogP contribution in [-0.2, 0) is 10.0 Å². The van der Waals surface area contributed by atoms with E-state index in [0.29, 0.717) is 24.4 Å². The SMILES string of the molecule is CCN(CC)S(=O)(=O)c1cc(C(=O)N(C2CC2)C(C)c2ccco2)ccc1OC. The summed E-state index contributed by atoms with van der Waals surface area (Å²) < 4.78 is 38.3. The van der Waals surface area contributed by atoms with Crippen LogP contribution in [0.3, 0.4) is 0 Å². The molecule has 0 aliphatic heterocycles. The lowest BCUT2D eigenvalue weighted by Gasteiger charge is -2.28. The van der Waals surface area contributed by atoms with Gasteiger partial charge >= 0.3 is 0 Å². The van der Waals surface area contributed by atoms with E-state index in [2.05, 4.69) is 0 Å². The fourth-order valence-corrected chi connectivity index (χ4v) is 5.18. The van der Waals surface area contributed by atoms with E-state index in [1.807, 2.05) is 13.0 Å². The number of amides is 1. The number of sulfonamides is 1. The zero-order valence-electron chi connectivity index (χ0n) is 17.3. The van der Waals surface area contributed by atoms with Gasteiger partial charge in [-0.15, -0.1) is 0 Å². The predicted octanol–water partition coefficient (Wildman–Crippen LogP) is 3.68. The van der Waals surface area contributed by atoms with Gasteiger partial charge in [0, 0.05) is 24.7 Å². The topological polar surface area (TPSA) is 80.1 Å². The zero-order valence-corrected chi connectivity index (χ0v) is 18.1. The van der Waals surface area contributed by atoms with E-state index in [1.54, 1.807) is 43.2 Å². The number of carbonyl (C=O) groups excluding carboxylic acids is 1. The average molecular weight is 421 g/mol. The first kappa shape index (κ1) is 21.4. The summed E-state index contributed by atoms with van der Waals surface area (Å²) in [5.41, 5.74) is 0.321. The van der Waals surface area contributed by atoms with E-state index >= 15 is 0 Å². The molecule has 1 heterocycles. The van der Waals surface area contributed by atoms with Crippen molar-refractivity contribution >= 4 is 15.9 Å². The van der Waals surface area contributed by atoms with Gasteiger partial charge < -0.3 is 14.1 Å². The van der Waals surface area contributed by atoms with Gasteiger partial charge in [-0.05, 0) is 50.1 Å². The fraction of sp³-hybridized carbons (Fsp3) is 0.476. The molecule has 8 heteroatoms. The molecule has 1 aliphatic rings. The Labute approximate surface area is 172 Å². The number of ether oxygens (including phenoxy) is 1. The van der Waals surface area contributed by atoms with Crippen molar-refractivity contribution in [1.82, 2.24) is 9.21 Å². The molecule has 1 amide bonds. The largest absolute Gasteiger partial charge is 0.495 e. The summed E-state index contributed by atoms with van der Waals surface area (Å²) in [4.78, 5) is 15.2. The lowest BCUT2D eigenvalue weighted by molar-refractivity contribution is 0.0652. The smallest absolute Gasteiger partial charge is 0.254 e. The van der Waals surface area contributed by atoms with Crippen LogP contribution >= 0.6 is 0 Å². The highest BCUT2D eigenvalue weighted by atomic mass is 32.2. The Morgan fingerprint density at radius 1 is 1.24 bits per heavy atom. The van der Waals surface area contributed by atoms with Crippen molar-refractivity contribution in [1.29, 1.82) is 0 Å². The minimum Gasteiger partial charge on any atom is -0.495 e. The van der Waals surface area contributed by atoms with E-state index in [-0.39, 0.29) is 28.6 Å².